The molecule has 4 heterocycles. The number of nitrogens with one attached hydrogen (secondary N) is 2. The number of nitrogens with zero attached hydrogens (tertiary/aromatic N) is 5. The van der Waals surface area contributed by atoms with Crippen LogP contribution in [0.2, 0.25) is 0 Å². The van der Waals surface area contributed by atoms with Gasteiger partial charge in [-0.2, -0.15) is 4.98 Å². The summed E-state index contributed by atoms with van der Waals surface area (Å²) < 4.78 is 3.36. The van der Waals surface area contributed by atoms with E-state index >= 15 is 0 Å². The van der Waals surface area contributed by atoms with Crippen LogP contribution in [0.4, 0.5) is 11.6 Å². The van der Waals surface area contributed by atoms with Crippen LogP contribution in [0.3, 0.4) is 0 Å². The van der Waals surface area contributed by atoms with E-state index in [1.165, 1.54) is 11.1 Å². The first-order valence-corrected chi connectivity index (χ1v) is 12.6. The maximum absolute atomic E-state index is 13.3. The molecule has 0 spiro atoms. The van der Waals surface area contributed by atoms with Gasteiger partial charge in [0.15, 0.2) is 11.5 Å². The predicted molar refractivity (Wildman–Crippen MR) is 149 cm³/mol. The molecule has 0 radical (unpaired) electrons. The predicted octanol–water partition coefficient (Wildman–Crippen LogP) is 5.28. The van der Waals surface area contributed by atoms with Gasteiger partial charge in [0.05, 0.1) is 6.54 Å². The second-order valence-electron chi connectivity index (χ2n) is 11.8. The molecule has 5 rings (SSSR count). The summed E-state index contributed by atoms with van der Waals surface area (Å²) in [5.41, 5.74) is 4.23. The van der Waals surface area contributed by atoms with Gasteiger partial charge in [-0.05, 0) is 63.1 Å². The largest absolute Gasteiger partial charge is 0.324 e. The molecule has 1 aliphatic heterocycles. The standard InChI is InChI=1S/C29H35N7O/c1-9-15-35-25(37)19-17-30-26(31-18-13-14-20-21(16-18)29(7,8)34-28(20,5)6)33-24(19)36(35)23-12-10-11-22(32-23)27(2,3)4/h9-14,16-17,34H,1,15H2,2-8H3,(H,30,31,33). The molecule has 3 aromatic heterocycles. The van der Waals surface area contributed by atoms with Crippen LogP contribution in [-0.2, 0) is 23.0 Å². The lowest BCUT2D eigenvalue weighted by Gasteiger charge is -2.25. The molecule has 0 atom stereocenters. The van der Waals surface area contributed by atoms with E-state index in [1.807, 2.05) is 24.3 Å². The van der Waals surface area contributed by atoms with E-state index in [-0.39, 0.29) is 22.1 Å². The molecule has 1 aromatic carbocycles. The van der Waals surface area contributed by atoms with Gasteiger partial charge in [-0.15, -0.1) is 6.58 Å². The Balaban J connectivity index is 1.62. The third-order valence-corrected chi connectivity index (χ3v) is 6.94. The molecular formula is C29H35N7O. The van der Waals surface area contributed by atoms with E-state index in [9.17, 15) is 4.79 Å². The van der Waals surface area contributed by atoms with E-state index < -0.39 is 0 Å². The van der Waals surface area contributed by atoms with Crippen LogP contribution in [0.25, 0.3) is 16.9 Å². The van der Waals surface area contributed by atoms with Crippen molar-refractivity contribution in [3.8, 4) is 5.82 Å². The van der Waals surface area contributed by atoms with Crippen molar-refractivity contribution in [3.05, 3.63) is 82.4 Å². The number of anilines is 2. The highest BCUT2D eigenvalue weighted by molar-refractivity contribution is 5.77. The van der Waals surface area contributed by atoms with Gasteiger partial charge in [-0.3, -0.25) is 10.1 Å². The van der Waals surface area contributed by atoms with Crippen molar-refractivity contribution in [2.45, 2.75) is 71.5 Å². The van der Waals surface area contributed by atoms with E-state index in [4.69, 9.17) is 9.97 Å². The van der Waals surface area contributed by atoms with Crippen LogP contribution < -0.4 is 16.2 Å². The highest BCUT2D eigenvalue weighted by Gasteiger charge is 2.41. The fourth-order valence-corrected chi connectivity index (χ4v) is 5.30. The minimum atomic E-state index is -0.183. The van der Waals surface area contributed by atoms with Crippen LogP contribution in [-0.4, -0.2) is 24.3 Å². The Morgan fingerprint density at radius 1 is 1.05 bits per heavy atom. The lowest BCUT2D eigenvalue weighted by Crippen LogP contribution is -2.39. The molecule has 0 saturated heterocycles. The molecule has 8 heteroatoms. The Labute approximate surface area is 217 Å². The highest BCUT2D eigenvalue weighted by Crippen LogP contribution is 2.42. The summed E-state index contributed by atoms with van der Waals surface area (Å²) >= 11 is 0. The Hall–Kier alpha value is -3.78. The molecule has 0 amide bonds. The summed E-state index contributed by atoms with van der Waals surface area (Å²) in [6.07, 6.45) is 3.28. The number of hydrogen-bond donors (Lipinski definition) is 2. The van der Waals surface area contributed by atoms with Crippen LogP contribution in [0.1, 0.15) is 65.3 Å². The minimum Gasteiger partial charge on any atom is -0.324 e. The minimum absolute atomic E-state index is 0.106. The number of rotatable bonds is 5. The van der Waals surface area contributed by atoms with Gasteiger partial charge in [-0.25, -0.2) is 19.3 Å². The SMILES string of the molecule is C=CCn1c(=O)c2cnc(Nc3ccc4c(c3)C(C)(C)NC4(C)C)nc2n1-c1cccc(C(C)(C)C)n1. The topological polar surface area (TPSA) is 89.7 Å². The molecule has 37 heavy (non-hydrogen) atoms. The molecule has 0 saturated carbocycles. The van der Waals surface area contributed by atoms with Gasteiger partial charge >= 0.3 is 0 Å². The van der Waals surface area contributed by atoms with E-state index in [2.05, 4.69) is 82.8 Å². The van der Waals surface area contributed by atoms with Gasteiger partial charge in [0.25, 0.3) is 5.56 Å². The third-order valence-electron chi connectivity index (χ3n) is 6.94. The summed E-state index contributed by atoms with van der Waals surface area (Å²) in [7, 11) is 0. The summed E-state index contributed by atoms with van der Waals surface area (Å²) in [5.74, 6) is 1.03. The maximum Gasteiger partial charge on any atom is 0.278 e. The molecule has 0 aliphatic carbocycles. The number of benzene rings is 1. The van der Waals surface area contributed by atoms with Crippen molar-refractivity contribution < 1.29 is 0 Å². The average molecular weight is 498 g/mol. The number of aromatic nitrogens is 5. The first kappa shape index (κ1) is 24.9. The number of fused-ring (bicyclic) bond motifs is 2. The number of hydrogen-bond acceptors (Lipinski definition) is 6. The molecule has 4 aromatic rings. The molecule has 0 bridgehead atoms. The molecule has 2 N–H and O–H groups in total. The molecular weight excluding hydrogens is 462 g/mol. The zero-order valence-electron chi connectivity index (χ0n) is 22.7. The normalized spacial score (nSPS) is 16.1. The van der Waals surface area contributed by atoms with Crippen LogP contribution in [0.15, 0.2) is 60.0 Å². The zero-order chi connectivity index (χ0) is 26.8. The van der Waals surface area contributed by atoms with Crippen molar-refractivity contribution in [1.29, 1.82) is 0 Å². The summed E-state index contributed by atoms with van der Waals surface area (Å²) in [6, 6.07) is 12.2. The van der Waals surface area contributed by atoms with Crippen molar-refractivity contribution in [1.82, 2.24) is 29.6 Å². The Morgan fingerprint density at radius 3 is 2.49 bits per heavy atom. The molecule has 0 fully saturated rings. The lowest BCUT2D eigenvalue weighted by atomic mass is 9.90. The Bertz CT molecular complexity index is 1580. The fraction of sp³-hybridized carbons (Fsp3) is 0.379. The second-order valence-corrected chi connectivity index (χ2v) is 11.8. The van der Waals surface area contributed by atoms with Crippen LogP contribution in [0, 0.1) is 0 Å². The quantitative estimate of drug-likeness (QED) is 0.365. The summed E-state index contributed by atoms with van der Waals surface area (Å²) in [6.45, 7) is 19.3. The van der Waals surface area contributed by atoms with Crippen molar-refractivity contribution in [2.24, 2.45) is 0 Å². The average Bonchev–Trinajstić information content (AvgIpc) is 3.19. The lowest BCUT2D eigenvalue weighted by molar-refractivity contribution is 0.319. The van der Waals surface area contributed by atoms with E-state index in [0.29, 0.717) is 29.3 Å². The first-order valence-electron chi connectivity index (χ1n) is 12.6. The molecule has 1 aliphatic rings. The monoisotopic (exact) mass is 497 g/mol. The van der Waals surface area contributed by atoms with Crippen LogP contribution in [0.5, 0.6) is 0 Å². The Kier molecular flexibility index (Phi) is 5.64. The zero-order valence-corrected chi connectivity index (χ0v) is 22.7. The van der Waals surface area contributed by atoms with Crippen molar-refractivity contribution in [3.63, 3.8) is 0 Å². The van der Waals surface area contributed by atoms with E-state index in [0.717, 1.165) is 11.4 Å². The maximum atomic E-state index is 13.3. The van der Waals surface area contributed by atoms with E-state index in [1.54, 1.807) is 21.6 Å². The van der Waals surface area contributed by atoms with Crippen molar-refractivity contribution in [2.75, 3.05) is 5.32 Å². The van der Waals surface area contributed by atoms with Crippen LogP contribution >= 0.6 is 0 Å². The second kappa shape index (κ2) is 8.38. The Morgan fingerprint density at radius 2 is 1.78 bits per heavy atom. The highest BCUT2D eigenvalue weighted by atomic mass is 16.1. The fourth-order valence-electron chi connectivity index (χ4n) is 5.30. The number of allylic oxidation sites excluding steroid dienone is 1. The molecule has 192 valence electrons. The third kappa shape index (κ3) is 4.25. The van der Waals surface area contributed by atoms with Gasteiger partial charge in [0.2, 0.25) is 5.95 Å². The summed E-state index contributed by atoms with van der Waals surface area (Å²) in [4.78, 5) is 27.4. The molecule has 8 nitrogen and oxygen atoms in total. The van der Waals surface area contributed by atoms with Gasteiger partial charge < -0.3 is 5.32 Å². The smallest absolute Gasteiger partial charge is 0.278 e. The summed E-state index contributed by atoms with van der Waals surface area (Å²) in [5, 5.41) is 7.47. The number of pyridine rings is 1. The van der Waals surface area contributed by atoms with Gasteiger partial charge in [0, 0.05) is 34.1 Å². The molecule has 0 unspecified atom stereocenters. The van der Waals surface area contributed by atoms with Gasteiger partial charge in [0.1, 0.15) is 5.39 Å². The van der Waals surface area contributed by atoms with Gasteiger partial charge in [-0.1, -0.05) is 39.0 Å². The van der Waals surface area contributed by atoms with Crippen molar-refractivity contribution >= 4 is 22.7 Å². The first-order chi connectivity index (χ1) is 17.3.